The lowest BCUT2D eigenvalue weighted by Crippen LogP contribution is -2.57. The summed E-state index contributed by atoms with van der Waals surface area (Å²) in [4.78, 5) is 2.41. The van der Waals surface area contributed by atoms with Gasteiger partial charge in [-0.05, 0) is 95.4 Å². The van der Waals surface area contributed by atoms with Crippen molar-refractivity contribution >= 4 is 50.9 Å². The van der Waals surface area contributed by atoms with Gasteiger partial charge in [-0.25, -0.2) is 0 Å². The van der Waals surface area contributed by atoms with Crippen LogP contribution < -0.4 is 30.8 Å². The molecule has 10 rings (SSSR count). The number of anilines is 3. The molecular formula is C45H34BNO2. The third kappa shape index (κ3) is 3.98. The molecule has 0 aromatic heterocycles. The highest BCUT2D eigenvalue weighted by Crippen LogP contribution is 2.58. The molecule has 3 aliphatic rings. The Hall–Kier alpha value is -5.74. The molecule has 0 amide bonds. The van der Waals surface area contributed by atoms with Gasteiger partial charge in [-0.3, -0.25) is 0 Å². The number of aryl methyl sites for hydroxylation is 2. The van der Waals surface area contributed by atoms with Crippen LogP contribution in [-0.2, 0) is 5.41 Å². The van der Waals surface area contributed by atoms with Gasteiger partial charge in [0.2, 0.25) is 0 Å². The second-order valence-corrected chi connectivity index (χ2v) is 14.2. The van der Waals surface area contributed by atoms with Crippen molar-refractivity contribution in [2.75, 3.05) is 4.90 Å². The van der Waals surface area contributed by atoms with E-state index in [2.05, 4.69) is 166 Å². The van der Waals surface area contributed by atoms with Crippen molar-refractivity contribution in [3.05, 3.63) is 156 Å². The van der Waals surface area contributed by atoms with E-state index in [0.717, 1.165) is 45.5 Å². The SMILES string of the molecule is Cc1ccc(N(c2ccc(C)cc2)c2cc3c(c4ccccc24)-c2cc4c5c(c2C3(C)C)Oc2ccccc2B5c2ccccc2O4)cc1. The van der Waals surface area contributed by atoms with Crippen LogP contribution in [0.4, 0.5) is 17.1 Å². The lowest BCUT2D eigenvalue weighted by Gasteiger charge is -2.36. The van der Waals surface area contributed by atoms with Gasteiger partial charge in [-0.15, -0.1) is 0 Å². The lowest BCUT2D eigenvalue weighted by molar-refractivity contribution is 0.453. The molecule has 7 aromatic rings. The van der Waals surface area contributed by atoms with Crippen molar-refractivity contribution in [2.24, 2.45) is 0 Å². The van der Waals surface area contributed by atoms with E-state index in [1.54, 1.807) is 0 Å². The molecule has 3 nitrogen and oxygen atoms in total. The molecular weight excluding hydrogens is 597 g/mol. The van der Waals surface area contributed by atoms with E-state index in [9.17, 15) is 0 Å². The molecule has 2 aliphatic heterocycles. The Balaban J connectivity index is 1.26. The van der Waals surface area contributed by atoms with Crippen LogP contribution in [0.3, 0.4) is 0 Å². The molecule has 0 saturated heterocycles. The fraction of sp³-hybridized carbons (Fsp3) is 0.111. The highest BCUT2D eigenvalue weighted by molar-refractivity contribution is 6.98. The molecule has 0 radical (unpaired) electrons. The lowest BCUT2D eigenvalue weighted by atomic mass is 9.34. The van der Waals surface area contributed by atoms with Crippen molar-refractivity contribution in [3.8, 4) is 34.1 Å². The summed E-state index contributed by atoms with van der Waals surface area (Å²) < 4.78 is 13.8. The minimum atomic E-state index is -0.353. The van der Waals surface area contributed by atoms with Crippen LogP contribution in [0.1, 0.15) is 36.1 Å². The standard InChI is InChI=1S/C45H34BNO2/c1-27-17-21-29(22-18-27)47(30-23-19-28(2)20-24-30)37-26-34-41(32-12-6-5-11-31(32)37)33-25-40-43-44(42(33)45(34,3)4)49-39-16-10-8-14-36(39)46(43)35-13-7-9-15-38(35)48-40/h5-26H,1-4H3. The molecule has 49 heavy (non-hydrogen) atoms. The quantitative estimate of drug-likeness (QED) is 0.181. The largest absolute Gasteiger partial charge is 0.458 e. The minimum Gasteiger partial charge on any atom is -0.458 e. The first kappa shape index (κ1) is 28.3. The number of hydrogen-bond acceptors (Lipinski definition) is 3. The first-order valence-corrected chi connectivity index (χ1v) is 17.1. The predicted octanol–water partition coefficient (Wildman–Crippen LogP) is 9.96. The summed E-state index contributed by atoms with van der Waals surface area (Å²) >= 11 is 0. The smallest absolute Gasteiger partial charge is 0.260 e. The van der Waals surface area contributed by atoms with Gasteiger partial charge in [-0.1, -0.05) is 110 Å². The zero-order valence-electron chi connectivity index (χ0n) is 28.0. The zero-order chi connectivity index (χ0) is 33.0. The van der Waals surface area contributed by atoms with Gasteiger partial charge in [0.25, 0.3) is 6.71 Å². The van der Waals surface area contributed by atoms with Crippen LogP contribution in [0.25, 0.3) is 21.9 Å². The van der Waals surface area contributed by atoms with Crippen LogP contribution in [0, 0.1) is 13.8 Å². The summed E-state index contributed by atoms with van der Waals surface area (Å²) in [5.41, 5.74) is 14.0. The van der Waals surface area contributed by atoms with Gasteiger partial charge in [-0.2, -0.15) is 0 Å². The Bertz CT molecular complexity index is 2440. The maximum Gasteiger partial charge on any atom is 0.260 e. The minimum absolute atomic E-state index is 0.0376. The van der Waals surface area contributed by atoms with E-state index in [4.69, 9.17) is 9.47 Å². The maximum atomic E-state index is 7.01. The summed E-state index contributed by atoms with van der Waals surface area (Å²) in [6.07, 6.45) is 0. The topological polar surface area (TPSA) is 21.7 Å². The molecule has 0 spiro atoms. The number of nitrogens with zero attached hydrogens (tertiary/aromatic N) is 1. The van der Waals surface area contributed by atoms with Gasteiger partial charge in [0, 0.05) is 33.2 Å². The molecule has 234 valence electrons. The van der Waals surface area contributed by atoms with Crippen molar-refractivity contribution in [2.45, 2.75) is 33.1 Å². The van der Waals surface area contributed by atoms with Crippen molar-refractivity contribution in [1.82, 2.24) is 0 Å². The van der Waals surface area contributed by atoms with Crippen molar-refractivity contribution < 1.29 is 9.47 Å². The van der Waals surface area contributed by atoms with Crippen LogP contribution in [-0.4, -0.2) is 6.71 Å². The normalized spacial score (nSPS) is 14.2. The van der Waals surface area contributed by atoms with Gasteiger partial charge >= 0.3 is 0 Å². The summed E-state index contributed by atoms with van der Waals surface area (Å²) in [5, 5.41) is 2.43. The van der Waals surface area contributed by atoms with E-state index < -0.39 is 0 Å². The van der Waals surface area contributed by atoms with Crippen molar-refractivity contribution in [3.63, 3.8) is 0 Å². The van der Waals surface area contributed by atoms with Crippen molar-refractivity contribution in [1.29, 1.82) is 0 Å². The summed E-state index contributed by atoms with van der Waals surface area (Å²) in [6.45, 7) is 9.04. The fourth-order valence-corrected chi connectivity index (χ4v) is 8.54. The molecule has 0 fully saturated rings. The zero-order valence-corrected chi connectivity index (χ0v) is 28.0. The Morgan fingerprint density at radius 3 is 1.76 bits per heavy atom. The van der Waals surface area contributed by atoms with E-state index in [1.165, 1.54) is 55.1 Å². The number of rotatable bonds is 3. The monoisotopic (exact) mass is 631 g/mol. The van der Waals surface area contributed by atoms with E-state index in [0.29, 0.717) is 0 Å². The molecule has 7 aromatic carbocycles. The second-order valence-electron chi connectivity index (χ2n) is 14.2. The third-order valence-corrected chi connectivity index (χ3v) is 10.9. The Morgan fingerprint density at radius 1 is 0.571 bits per heavy atom. The molecule has 0 bridgehead atoms. The molecule has 0 N–H and O–H groups in total. The summed E-state index contributed by atoms with van der Waals surface area (Å²) in [5.74, 6) is 3.64. The average molecular weight is 632 g/mol. The van der Waals surface area contributed by atoms with E-state index in [-0.39, 0.29) is 12.1 Å². The van der Waals surface area contributed by atoms with Crippen LogP contribution in [0.2, 0.25) is 0 Å². The highest BCUT2D eigenvalue weighted by atomic mass is 16.5. The number of para-hydroxylation sites is 2. The first-order valence-electron chi connectivity index (χ1n) is 17.1. The highest BCUT2D eigenvalue weighted by Gasteiger charge is 2.47. The molecule has 2 heterocycles. The molecule has 4 heteroatoms. The maximum absolute atomic E-state index is 7.01. The second kappa shape index (κ2) is 10.1. The van der Waals surface area contributed by atoms with Gasteiger partial charge in [0.1, 0.15) is 23.0 Å². The summed E-state index contributed by atoms with van der Waals surface area (Å²) in [6, 6.07) is 48.3. The first-order chi connectivity index (χ1) is 23.9. The summed E-state index contributed by atoms with van der Waals surface area (Å²) in [7, 11) is 0. The number of hydrogen-bond donors (Lipinski definition) is 0. The number of benzene rings is 7. The van der Waals surface area contributed by atoms with Gasteiger partial charge in [0.05, 0.1) is 5.69 Å². The van der Waals surface area contributed by atoms with Crippen LogP contribution in [0.5, 0.6) is 23.0 Å². The fourth-order valence-electron chi connectivity index (χ4n) is 8.54. The number of ether oxygens (including phenoxy) is 2. The predicted molar refractivity (Wildman–Crippen MR) is 203 cm³/mol. The molecule has 1 aliphatic carbocycles. The third-order valence-electron chi connectivity index (χ3n) is 10.9. The molecule has 0 atom stereocenters. The Kier molecular flexibility index (Phi) is 5.85. The Morgan fingerprint density at radius 2 is 1.12 bits per heavy atom. The van der Waals surface area contributed by atoms with E-state index >= 15 is 0 Å². The van der Waals surface area contributed by atoms with Gasteiger partial charge in [0.15, 0.2) is 0 Å². The van der Waals surface area contributed by atoms with Crippen LogP contribution >= 0.6 is 0 Å². The Labute approximate surface area is 287 Å². The molecule has 0 saturated carbocycles. The van der Waals surface area contributed by atoms with Gasteiger partial charge < -0.3 is 14.4 Å². The van der Waals surface area contributed by atoms with E-state index in [1.807, 2.05) is 0 Å². The number of fused-ring (bicyclic) bond motifs is 10. The average Bonchev–Trinajstić information content (AvgIpc) is 3.35. The van der Waals surface area contributed by atoms with Crippen LogP contribution in [0.15, 0.2) is 133 Å². The molecule has 0 unspecified atom stereocenters.